The summed E-state index contributed by atoms with van der Waals surface area (Å²) in [6, 6.07) is 0.833. The van der Waals surface area contributed by atoms with Crippen LogP contribution in [-0.4, -0.2) is 23.6 Å². The van der Waals surface area contributed by atoms with Gasteiger partial charge in [-0.05, 0) is 50.3 Å². The van der Waals surface area contributed by atoms with Crippen LogP contribution in [0, 0.1) is 5.92 Å². The Balaban J connectivity index is 1.61. The molecule has 0 aromatic carbocycles. The van der Waals surface area contributed by atoms with Gasteiger partial charge in [0.15, 0.2) is 0 Å². The first-order valence-corrected chi connectivity index (χ1v) is 9.28. The van der Waals surface area contributed by atoms with Gasteiger partial charge < -0.3 is 5.32 Å². The monoisotopic (exact) mass is 269 g/mol. The van der Waals surface area contributed by atoms with Crippen LogP contribution >= 0.6 is 11.8 Å². The van der Waals surface area contributed by atoms with E-state index in [2.05, 4.69) is 24.0 Å². The van der Waals surface area contributed by atoms with Crippen molar-refractivity contribution in [2.45, 2.75) is 82.4 Å². The van der Waals surface area contributed by atoms with E-state index in [0.29, 0.717) is 0 Å². The molecule has 2 saturated carbocycles. The smallest absolute Gasteiger partial charge is 0.00781 e. The standard InChI is InChI=1S/C16H31NS/c1-2-18-16-11-10-15(12-16)17-13-14-8-6-4-3-5-7-9-14/h14-17H,2-13H2,1H3. The molecule has 0 radical (unpaired) electrons. The van der Waals surface area contributed by atoms with Crippen molar-refractivity contribution in [1.82, 2.24) is 5.32 Å². The van der Waals surface area contributed by atoms with E-state index in [0.717, 1.165) is 17.2 Å². The summed E-state index contributed by atoms with van der Waals surface area (Å²) in [4.78, 5) is 0. The summed E-state index contributed by atoms with van der Waals surface area (Å²) < 4.78 is 0. The number of hydrogen-bond donors (Lipinski definition) is 1. The van der Waals surface area contributed by atoms with Crippen LogP contribution in [0.25, 0.3) is 0 Å². The van der Waals surface area contributed by atoms with Gasteiger partial charge in [0.05, 0.1) is 0 Å². The summed E-state index contributed by atoms with van der Waals surface area (Å²) in [5.41, 5.74) is 0. The van der Waals surface area contributed by atoms with Crippen LogP contribution in [0.2, 0.25) is 0 Å². The molecule has 106 valence electrons. The van der Waals surface area contributed by atoms with Crippen LogP contribution in [0.15, 0.2) is 0 Å². The highest BCUT2D eigenvalue weighted by atomic mass is 32.2. The third kappa shape index (κ3) is 5.13. The molecular formula is C16H31NS. The summed E-state index contributed by atoms with van der Waals surface area (Å²) in [5.74, 6) is 2.27. The number of hydrogen-bond acceptors (Lipinski definition) is 2. The molecule has 0 aromatic heterocycles. The fourth-order valence-electron chi connectivity index (χ4n) is 3.59. The van der Waals surface area contributed by atoms with E-state index in [9.17, 15) is 0 Å². The minimum absolute atomic E-state index is 0.833. The highest BCUT2D eigenvalue weighted by molar-refractivity contribution is 7.99. The summed E-state index contributed by atoms with van der Waals surface area (Å²) >= 11 is 2.17. The molecule has 2 aliphatic carbocycles. The Labute approximate surface area is 118 Å². The van der Waals surface area contributed by atoms with Crippen molar-refractivity contribution < 1.29 is 0 Å². The van der Waals surface area contributed by atoms with E-state index in [1.165, 1.54) is 76.5 Å². The van der Waals surface area contributed by atoms with Crippen molar-refractivity contribution in [3.63, 3.8) is 0 Å². The Kier molecular flexibility index (Phi) is 6.93. The predicted molar refractivity (Wildman–Crippen MR) is 83.4 cm³/mol. The lowest BCUT2D eigenvalue weighted by molar-refractivity contribution is 0.344. The first-order chi connectivity index (χ1) is 8.88. The Hall–Kier alpha value is 0.310. The van der Waals surface area contributed by atoms with Crippen molar-refractivity contribution in [2.75, 3.05) is 12.3 Å². The second kappa shape index (κ2) is 8.47. The van der Waals surface area contributed by atoms with Crippen molar-refractivity contribution in [3.05, 3.63) is 0 Å². The molecule has 0 heterocycles. The van der Waals surface area contributed by atoms with Gasteiger partial charge >= 0.3 is 0 Å². The van der Waals surface area contributed by atoms with Crippen LogP contribution in [0.3, 0.4) is 0 Å². The van der Waals surface area contributed by atoms with Crippen molar-refractivity contribution >= 4 is 11.8 Å². The SMILES string of the molecule is CCSC1CCC(NCC2CCCCCCC2)C1. The molecule has 0 amide bonds. The number of rotatable bonds is 5. The lowest BCUT2D eigenvalue weighted by Gasteiger charge is -2.22. The predicted octanol–water partition coefficient (Wildman–Crippen LogP) is 4.61. The highest BCUT2D eigenvalue weighted by Gasteiger charge is 2.24. The number of nitrogens with one attached hydrogen (secondary N) is 1. The Morgan fingerprint density at radius 3 is 2.39 bits per heavy atom. The Bertz CT molecular complexity index is 211. The van der Waals surface area contributed by atoms with Crippen molar-refractivity contribution in [1.29, 1.82) is 0 Å². The molecule has 2 aliphatic rings. The molecular weight excluding hydrogens is 238 g/mol. The maximum atomic E-state index is 3.87. The van der Waals surface area contributed by atoms with Gasteiger partial charge in [0.1, 0.15) is 0 Å². The van der Waals surface area contributed by atoms with Crippen LogP contribution in [0.4, 0.5) is 0 Å². The van der Waals surface area contributed by atoms with Crippen LogP contribution in [-0.2, 0) is 0 Å². The second-order valence-corrected chi connectivity index (χ2v) is 7.78. The number of thioether (sulfide) groups is 1. The van der Waals surface area contributed by atoms with E-state index in [1.54, 1.807) is 0 Å². The summed E-state index contributed by atoms with van der Waals surface area (Å²) in [6.45, 7) is 3.59. The fourth-order valence-corrected chi connectivity index (χ4v) is 4.73. The molecule has 0 aliphatic heterocycles. The van der Waals surface area contributed by atoms with Crippen molar-refractivity contribution in [2.24, 2.45) is 5.92 Å². The summed E-state index contributed by atoms with van der Waals surface area (Å²) in [7, 11) is 0. The second-order valence-electron chi connectivity index (χ2n) is 6.21. The van der Waals surface area contributed by atoms with E-state index < -0.39 is 0 Å². The Morgan fingerprint density at radius 1 is 0.944 bits per heavy atom. The summed E-state index contributed by atoms with van der Waals surface area (Å²) in [6.07, 6.45) is 14.6. The lowest BCUT2D eigenvalue weighted by Crippen LogP contribution is -2.32. The molecule has 2 atom stereocenters. The molecule has 0 bridgehead atoms. The maximum absolute atomic E-state index is 3.87. The molecule has 0 spiro atoms. The zero-order valence-corrected chi connectivity index (χ0v) is 12.9. The molecule has 2 fully saturated rings. The van der Waals surface area contributed by atoms with Gasteiger partial charge in [-0.1, -0.05) is 39.0 Å². The Morgan fingerprint density at radius 2 is 1.67 bits per heavy atom. The third-order valence-corrected chi connectivity index (χ3v) is 5.94. The van der Waals surface area contributed by atoms with Crippen LogP contribution < -0.4 is 5.32 Å². The van der Waals surface area contributed by atoms with Crippen LogP contribution in [0.1, 0.15) is 71.1 Å². The normalized spacial score (nSPS) is 31.2. The van der Waals surface area contributed by atoms with E-state index >= 15 is 0 Å². The maximum Gasteiger partial charge on any atom is 0.00781 e. The molecule has 0 aromatic rings. The van der Waals surface area contributed by atoms with Gasteiger partial charge in [-0.15, -0.1) is 0 Å². The molecule has 2 unspecified atom stereocenters. The average molecular weight is 269 g/mol. The van der Waals surface area contributed by atoms with E-state index in [1.807, 2.05) is 0 Å². The minimum atomic E-state index is 0.833. The third-order valence-electron chi connectivity index (χ3n) is 4.71. The molecule has 1 nitrogen and oxygen atoms in total. The zero-order valence-electron chi connectivity index (χ0n) is 12.1. The van der Waals surface area contributed by atoms with Gasteiger partial charge in [0.25, 0.3) is 0 Å². The van der Waals surface area contributed by atoms with Gasteiger partial charge in [-0.25, -0.2) is 0 Å². The first kappa shape index (κ1) is 14.7. The van der Waals surface area contributed by atoms with Gasteiger partial charge in [-0.2, -0.15) is 11.8 Å². The molecule has 18 heavy (non-hydrogen) atoms. The van der Waals surface area contributed by atoms with Gasteiger partial charge in [0.2, 0.25) is 0 Å². The van der Waals surface area contributed by atoms with E-state index in [4.69, 9.17) is 0 Å². The topological polar surface area (TPSA) is 12.0 Å². The van der Waals surface area contributed by atoms with Gasteiger partial charge in [0, 0.05) is 11.3 Å². The molecule has 0 saturated heterocycles. The van der Waals surface area contributed by atoms with Gasteiger partial charge in [-0.3, -0.25) is 0 Å². The molecule has 2 rings (SSSR count). The molecule has 1 N–H and O–H groups in total. The first-order valence-electron chi connectivity index (χ1n) is 8.23. The quantitative estimate of drug-likeness (QED) is 0.782. The van der Waals surface area contributed by atoms with E-state index in [-0.39, 0.29) is 0 Å². The summed E-state index contributed by atoms with van der Waals surface area (Å²) in [5, 5.41) is 4.82. The largest absolute Gasteiger partial charge is 0.314 e. The fraction of sp³-hybridized carbons (Fsp3) is 1.00. The molecule has 2 heteroatoms. The van der Waals surface area contributed by atoms with Crippen LogP contribution in [0.5, 0.6) is 0 Å². The average Bonchev–Trinajstić information content (AvgIpc) is 2.76. The highest BCUT2D eigenvalue weighted by Crippen LogP contribution is 2.30. The minimum Gasteiger partial charge on any atom is -0.314 e. The zero-order chi connectivity index (χ0) is 12.6. The van der Waals surface area contributed by atoms with Crippen molar-refractivity contribution in [3.8, 4) is 0 Å². The lowest BCUT2D eigenvalue weighted by atomic mass is 9.91.